The van der Waals surface area contributed by atoms with Crippen LogP contribution in [0.15, 0.2) is 51.1 Å². The maximum Gasteiger partial charge on any atom is 0.295 e. The van der Waals surface area contributed by atoms with Gasteiger partial charge in [-0.1, -0.05) is 17.7 Å². The van der Waals surface area contributed by atoms with Crippen LogP contribution in [-0.4, -0.2) is 21.4 Å². The van der Waals surface area contributed by atoms with E-state index in [4.69, 9.17) is 11.6 Å². The fourth-order valence-corrected chi connectivity index (χ4v) is 4.68. The first kappa shape index (κ1) is 16.9. The molecule has 0 heterocycles. The van der Waals surface area contributed by atoms with E-state index in [1.165, 1.54) is 19.1 Å². The molecule has 9 heteroatoms. The van der Waals surface area contributed by atoms with Crippen molar-refractivity contribution in [2.24, 2.45) is 0 Å². The third-order valence-electron chi connectivity index (χ3n) is 2.85. The molecule has 0 aliphatic carbocycles. The van der Waals surface area contributed by atoms with Gasteiger partial charge >= 0.3 is 0 Å². The van der Waals surface area contributed by atoms with Crippen LogP contribution < -0.4 is 0 Å². The van der Waals surface area contributed by atoms with Gasteiger partial charge in [-0.3, -0.25) is 4.55 Å². The Bertz CT molecular complexity index is 952. The second-order valence-corrected chi connectivity index (χ2v) is 8.22. The number of benzene rings is 2. The summed E-state index contributed by atoms with van der Waals surface area (Å²) in [5.41, 5.74) is 0.420. The first-order chi connectivity index (χ1) is 10.0. The van der Waals surface area contributed by atoms with Crippen molar-refractivity contribution in [3.05, 3.63) is 52.8 Å². The van der Waals surface area contributed by atoms with Gasteiger partial charge in [0, 0.05) is 5.02 Å². The summed E-state index contributed by atoms with van der Waals surface area (Å²) in [5, 5.41) is -0.00430. The number of sulfone groups is 1. The van der Waals surface area contributed by atoms with Crippen molar-refractivity contribution in [3.8, 4) is 0 Å². The molecule has 0 bridgehead atoms. The van der Waals surface area contributed by atoms with Gasteiger partial charge < -0.3 is 0 Å². The highest BCUT2D eigenvalue weighted by atomic mass is 35.5. The van der Waals surface area contributed by atoms with E-state index in [1.54, 1.807) is 0 Å². The van der Waals surface area contributed by atoms with Crippen LogP contribution in [0.2, 0.25) is 5.02 Å². The maximum absolute atomic E-state index is 13.9. The second kappa shape index (κ2) is 5.62. The molecule has 0 amide bonds. The predicted octanol–water partition coefficient (Wildman–Crippen LogP) is 2.87. The summed E-state index contributed by atoms with van der Waals surface area (Å²) in [5.74, 6) is -1.12. The third-order valence-corrected chi connectivity index (χ3v) is 5.95. The normalized spacial score (nSPS) is 12.4. The van der Waals surface area contributed by atoms with Crippen LogP contribution in [0.4, 0.5) is 4.39 Å². The Morgan fingerprint density at radius 3 is 2.09 bits per heavy atom. The van der Waals surface area contributed by atoms with E-state index in [9.17, 15) is 25.8 Å². The smallest absolute Gasteiger partial charge is 0.282 e. The lowest BCUT2D eigenvalue weighted by Crippen LogP contribution is -2.11. The summed E-state index contributed by atoms with van der Waals surface area (Å²) in [7, 11) is -9.29. The Labute approximate surface area is 132 Å². The number of aryl methyl sites for hydroxylation is 1. The Hall–Kier alpha value is -1.48. The molecule has 0 spiro atoms. The molecule has 0 aliphatic rings. The molecule has 0 radical (unpaired) electrons. The number of hydrogen-bond acceptors (Lipinski definition) is 4. The van der Waals surface area contributed by atoms with Crippen LogP contribution >= 0.6 is 11.6 Å². The Morgan fingerprint density at radius 2 is 1.55 bits per heavy atom. The summed E-state index contributed by atoms with van der Waals surface area (Å²) in [6, 6.07) is 6.24. The Morgan fingerprint density at radius 1 is 0.955 bits per heavy atom. The average molecular weight is 365 g/mol. The molecule has 0 unspecified atom stereocenters. The lowest BCUT2D eigenvalue weighted by atomic mass is 10.2. The summed E-state index contributed by atoms with van der Waals surface area (Å²) >= 11 is 5.57. The van der Waals surface area contributed by atoms with Crippen molar-refractivity contribution in [3.63, 3.8) is 0 Å². The van der Waals surface area contributed by atoms with E-state index in [0.29, 0.717) is 5.56 Å². The summed E-state index contributed by atoms with van der Waals surface area (Å²) in [6.07, 6.45) is 0. The van der Waals surface area contributed by atoms with E-state index < -0.39 is 40.5 Å². The molecule has 2 aromatic rings. The van der Waals surface area contributed by atoms with Crippen LogP contribution in [0.1, 0.15) is 5.56 Å². The van der Waals surface area contributed by atoms with Crippen LogP contribution in [0.5, 0.6) is 0 Å². The Balaban J connectivity index is 2.80. The van der Waals surface area contributed by atoms with Gasteiger partial charge in [-0.2, -0.15) is 8.42 Å². The number of halogens is 2. The van der Waals surface area contributed by atoms with Gasteiger partial charge in [-0.05, 0) is 42.8 Å². The largest absolute Gasteiger partial charge is 0.295 e. The molecule has 0 aliphatic heterocycles. The zero-order chi connectivity index (χ0) is 16.7. The summed E-state index contributed by atoms with van der Waals surface area (Å²) in [4.78, 5) is -2.24. The molecule has 118 valence electrons. The van der Waals surface area contributed by atoms with Crippen LogP contribution in [0.25, 0.3) is 0 Å². The minimum atomic E-state index is -4.80. The van der Waals surface area contributed by atoms with Gasteiger partial charge in [0.2, 0.25) is 9.84 Å². The van der Waals surface area contributed by atoms with Gasteiger partial charge in [0.05, 0.1) is 4.90 Å². The monoisotopic (exact) mass is 364 g/mol. The van der Waals surface area contributed by atoms with Gasteiger partial charge in [-0.25, -0.2) is 12.8 Å². The fraction of sp³-hybridized carbons (Fsp3) is 0.0769. The molecule has 0 aromatic heterocycles. The van der Waals surface area contributed by atoms with Gasteiger partial charge in [-0.15, -0.1) is 0 Å². The minimum Gasteiger partial charge on any atom is -0.282 e. The molecule has 2 rings (SSSR count). The quantitative estimate of drug-likeness (QED) is 0.846. The highest BCUT2D eigenvalue weighted by Gasteiger charge is 2.29. The van der Waals surface area contributed by atoms with Crippen LogP contribution in [-0.2, 0) is 20.0 Å². The van der Waals surface area contributed by atoms with Crippen molar-refractivity contribution >= 4 is 31.6 Å². The molecule has 0 saturated carbocycles. The summed E-state index contributed by atoms with van der Waals surface area (Å²) < 4.78 is 70.8. The molecular weight excluding hydrogens is 355 g/mol. The fourth-order valence-electron chi connectivity index (χ4n) is 1.85. The Kier molecular flexibility index (Phi) is 4.31. The van der Waals surface area contributed by atoms with Gasteiger partial charge in [0.1, 0.15) is 15.6 Å². The van der Waals surface area contributed by atoms with Crippen molar-refractivity contribution in [2.75, 3.05) is 0 Å². The van der Waals surface area contributed by atoms with Crippen LogP contribution in [0, 0.1) is 12.7 Å². The molecular formula is C13H10ClFO5S2. The molecule has 1 N–H and O–H groups in total. The van der Waals surface area contributed by atoms with Crippen molar-refractivity contribution in [1.82, 2.24) is 0 Å². The maximum atomic E-state index is 13.9. The highest BCUT2D eigenvalue weighted by molar-refractivity contribution is 7.92. The standard InChI is InChI=1S/C13H10ClFO5S2/c1-8-2-4-12(13(6-8)22(18,19)20)21(16,17)11-5-3-9(14)7-10(11)15/h2-7H,1H3,(H,18,19,20). The second-order valence-electron chi connectivity index (χ2n) is 4.50. The van der Waals surface area contributed by atoms with Crippen molar-refractivity contribution in [1.29, 1.82) is 0 Å². The van der Waals surface area contributed by atoms with E-state index in [2.05, 4.69) is 0 Å². The topological polar surface area (TPSA) is 88.5 Å². The SMILES string of the molecule is Cc1ccc(S(=O)(=O)c2ccc(Cl)cc2F)c(S(=O)(=O)O)c1. The zero-order valence-electron chi connectivity index (χ0n) is 11.1. The summed E-state index contributed by atoms with van der Waals surface area (Å²) in [6.45, 7) is 1.52. The number of hydrogen-bond donors (Lipinski definition) is 1. The van der Waals surface area contributed by atoms with E-state index in [-0.39, 0.29) is 5.02 Å². The zero-order valence-corrected chi connectivity index (χ0v) is 13.5. The molecule has 0 atom stereocenters. The highest BCUT2D eigenvalue weighted by Crippen LogP contribution is 2.30. The van der Waals surface area contributed by atoms with Crippen molar-refractivity contribution < 1.29 is 25.8 Å². The first-order valence-electron chi connectivity index (χ1n) is 5.82. The van der Waals surface area contributed by atoms with Crippen molar-refractivity contribution in [2.45, 2.75) is 21.6 Å². The lowest BCUT2D eigenvalue weighted by molar-refractivity contribution is 0.479. The molecule has 0 saturated heterocycles. The van der Waals surface area contributed by atoms with E-state index >= 15 is 0 Å². The van der Waals surface area contributed by atoms with E-state index in [0.717, 1.165) is 24.3 Å². The van der Waals surface area contributed by atoms with Crippen LogP contribution in [0.3, 0.4) is 0 Å². The molecule has 22 heavy (non-hydrogen) atoms. The third kappa shape index (κ3) is 3.14. The minimum absolute atomic E-state index is 0.00430. The van der Waals surface area contributed by atoms with Gasteiger partial charge in [0.25, 0.3) is 10.1 Å². The predicted molar refractivity (Wildman–Crippen MR) is 77.9 cm³/mol. The molecule has 2 aromatic carbocycles. The molecule has 5 nitrogen and oxygen atoms in total. The van der Waals surface area contributed by atoms with Gasteiger partial charge in [0.15, 0.2) is 0 Å². The lowest BCUT2D eigenvalue weighted by Gasteiger charge is -2.10. The number of rotatable bonds is 3. The van der Waals surface area contributed by atoms with E-state index in [1.807, 2.05) is 0 Å². The first-order valence-corrected chi connectivity index (χ1v) is 9.12. The average Bonchev–Trinajstić information content (AvgIpc) is 2.36. The molecule has 0 fully saturated rings.